The number of hydrogen-bond acceptors (Lipinski definition) is 4. The number of fused-ring (bicyclic) bond motifs is 2. The van der Waals surface area contributed by atoms with Gasteiger partial charge in [-0.05, 0) is 74.8 Å². The van der Waals surface area contributed by atoms with Crippen molar-refractivity contribution in [2.24, 2.45) is 5.92 Å². The summed E-state index contributed by atoms with van der Waals surface area (Å²) in [6, 6.07) is 18.4. The second-order valence-electron chi connectivity index (χ2n) is 13.2. The third kappa shape index (κ3) is 6.50. The molecule has 4 heterocycles. The first-order valence-corrected chi connectivity index (χ1v) is 15.3. The highest BCUT2D eigenvalue weighted by atomic mass is 16.2. The lowest BCUT2D eigenvalue weighted by Crippen LogP contribution is -2.47. The predicted molar refractivity (Wildman–Crippen MR) is 168 cm³/mol. The fourth-order valence-electron chi connectivity index (χ4n) is 6.61. The quantitative estimate of drug-likeness (QED) is 0.235. The summed E-state index contributed by atoms with van der Waals surface area (Å²) in [6.45, 7) is 8.38. The highest BCUT2D eigenvalue weighted by molar-refractivity contribution is 5.99. The van der Waals surface area contributed by atoms with Crippen LogP contribution in [0.15, 0.2) is 67.1 Å². The van der Waals surface area contributed by atoms with E-state index in [2.05, 4.69) is 58.4 Å². The minimum absolute atomic E-state index is 0.167. The Morgan fingerprint density at radius 1 is 1.00 bits per heavy atom. The van der Waals surface area contributed by atoms with Crippen molar-refractivity contribution in [1.82, 2.24) is 24.6 Å². The number of nitrogens with zero attached hydrogens (tertiary/aromatic N) is 4. The zero-order chi connectivity index (χ0) is 30.1. The molecule has 2 bridgehead atoms. The number of hydrogen-bond donors (Lipinski definition) is 3. The molecule has 0 aliphatic carbocycles. The van der Waals surface area contributed by atoms with E-state index in [1.54, 1.807) is 17.2 Å². The minimum Gasteiger partial charge on any atom is -0.348 e. The number of anilines is 2. The lowest BCUT2D eigenvalue weighted by Gasteiger charge is -2.39. The van der Waals surface area contributed by atoms with Crippen LogP contribution in [0.2, 0.25) is 0 Å². The number of urea groups is 1. The van der Waals surface area contributed by atoms with Gasteiger partial charge in [-0.25, -0.2) is 14.5 Å². The van der Waals surface area contributed by atoms with E-state index >= 15 is 0 Å². The molecule has 3 amide bonds. The van der Waals surface area contributed by atoms with Crippen LogP contribution in [0.3, 0.4) is 0 Å². The Labute approximate surface area is 253 Å². The van der Waals surface area contributed by atoms with E-state index in [1.165, 1.54) is 5.56 Å². The topological polar surface area (TPSA) is 108 Å². The van der Waals surface area contributed by atoms with Gasteiger partial charge in [0, 0.05) is 41.1 Å². The molecular formula is C34H41N7O2. The summed E-state index contributed by atoms with van der Waals surface area (Å²) in [7, 11) is 0. The van der Waals surface area contributed by atoms with E-state index in [-0.39, 0.29) is 17.4 Å². The van der Waals surface area contributed by atoms with Crippen LogP contribution in [0.25, 0.3) is 5.69 Å². The molecule has 0 radical (unpaired) electrons. The molecule has 0 saturated carbocycles. The Bertz CT molecular complexity index is 1570. The molecule has 2 fully saturated rings. The molecule has 2 unspecified atom stereocenters. The fourth-order valence-corrected chi connectivity index (χ4v) is 6.61. The Balaban J connectivity index is 1.09. The summed E-state index contributed by atoms with van der Waals surface area (Å²) in [5, 5.41) is 10.9. The second kappa shape index (κ2) is 11.7. The van der Waals surface area contributed by atoms with Gasteiger partial charge in [0.15, 0.2) is 0 Å². The molecule has 6 rings (SSSR count). The van der Waals surface area contributed by atoms with Gasteiger partial charge in [-0.3, -0.25) is 10.1 Å². The van der Waals surface area contributed by atoms with Crippen LogP contribution >= 0.6 is 0 Å². The first kappa shape index (κ1) is 28.7. The largest absolute Gasteiger partial charge is 0.348 e. The van der Waals surface area contributed by atoms with Gasteiger partial charge in [0.25, 0.3) is 0 Å². The molecular weight excluding hydrogens is 538 g/mol. The molecule has 43 heavy (non-hydrogen) atoms. The molecule has 9 nitrogen and oxygen atoms in total. The lowest BCUT2D eigenvalue weighted by atomic mass is 9.85. The third-order valence-electron chi connectivity index (χ3n) is 8.72. The van der Waals surface area contributed by atoms with E-state index in [4.69, 9.17) is 5.10 Å². The van der Waals surface area contributed by atoms with Gasteiger partial charge in [0.1, 0.15) is 5.82 Å². The Morgan fingerprint density at radius 2 is 1.74 bits per heavy atom. The maximum atomic E-state index is 13.2. The average molecular weight is 580 g/mol. The van der Waals surface area contributed by atoms with E-state index in [0.29, 0.717) is 30.2 Å². The molecule has 2 aliphatic rings. The van der Waals surface area contributed by atoms with Gasteiger partial charge in [0.2, 0.25) is 5.91 Å². The smallest absolute Gasteiger partial charge is 0.324 e. The number of rotatable bonds is 7. The van der Waals surface area contributed by atoms with Gasteiger partial charge >= 0.3 is 6.03 Å². The summed E-state index contributed by atoms with van der Waals surface area (Å²) < 4.78 is 1.79. The van der Waals surface area contributed by atoms with Crippen molar-refractivity contribution in [3.05, 3.63) is 89.6 Å². The summed E-state index contributed by atoms with van der Waals surface area (Å²) in [5.41, 5.74) is 5.60. The molecule has 3 N–H and O–H groups in total. The maximum absolute atomic E-state index is 13.2. The number of aromatic nitrogens is 4. The number of carbonyl (C=O) groups excluding carboxylic acids is 2. The van der Waals surface area contributed by atoms with Crippen molar-refractivity contribution in [3.63, 3.8) is 0 Å². The Hall–Kier alpha value is -4.40. The fraction of sp³-hybridized carbons (Fsp3) is 0.412. The van der Waals surface area contributed by atoms with Crippen LogP contribution in [-0.4, -0.2) is 48.7 Å². The van der Waals surface area contributed by atoms with Crippen LogP contribution in [0.1, 0.15) is 69.0 Å². The summed E-state index contributed by atoms with van der Waals surface area (Å²) >= 11 is 0. The molecule has 2 aromatic carbocycles. The monoisotopic (exact) mass is 579 g/mol. The first-order chi connectivity index (χ1) is 20.6. The SMILES string of the molecule is Cc1ccc(-n2nc(C(C)(C)C)cc2NC(=O)Nc2cccc(CC3CC4CCC(C3)N4C(=O)Cc3cnc[nH]3)c2)cc1. The van der Waals surface area contributed by atoms with E-state index in [9.17, 15) is 9.59 Å². The number of H-pyrrole nitrogens is 1. The molecule has 2 saturated heterocycles. The Morgan fingerprint density at radius 3 is 2.42 bits per heavy atom. The van der Waals surface area contributed by atoms with Crippen molar-refractivity contribution in [2.45, 2.75) is 83.7 Å². The maximum Gasteiger partial charge on any atom is 0.324 e. The zero-order valence-corrected chi connectivity index (χ0v) is 25.4. The number of piperidine rings is 1. The summed E-state index contributed by atoms with van der Waals surface area (Å²) in [6.07, 6.45) is 8.86. The number of nitrogens with one attached hydrogen (secondary N) is 3. The van der Waals surface area contributed by atoms with Gasteiger partial charge in [-0.15, -0.1) is 0 Å². The first-order valence-electron chi connectivity index (χ1n) is 15.3. The lowest BCUT2D eigenvalue weighted by molar-refractivity contribution is -0.135. The van der Waals surface area contributed by atoms with E-state index in [0.717, 1.165) is 60.4 Å². The molecule has 2 atom stereocenters. The minimum atomic E-state index is -0.312. The molecule has 2 aromatic heterocycles. The molecule has 224 valence electrons. The number of aryl methyl sites for hydroxylation is 1. The molecule has 2 aliphatic heterocycles. The van der Waals surface area contributed by atoms with Crippen molar-refractivity contribution < 1.29 is 9.59 Å². The molecule has 9 heteroatoms. The number of imidazole rings is 1. The molecule has 0 spiro atoms. The highest BCUT2D eigenvalue weighted by Crippen LogP contribution is 2.40. The van der Waals surface area contributed by atoms with Gasteiger partial charge in [0.05, 0.1) is 24.1 Å². The zero-order valence-electron chi connectivity index (χ0n) is 25.4. The van der Waals surface area contributed by atoms with Crippen molar-refractivity contribution >= 4 is 23.4 Å². The number of benzene rings is 2. The second-order valence-corrected chi connectivity index (χ2v) is 13.2. The van der Waals surface area contributed by atoms with Crippen molar-refractivity contribution in [3.8, 4) is 5.69 Å². The number of amides is 3. The summed E-state index contributed by atoms with van der Waals surface area (Å²) in [4.78, 5) is 35.5. The normalized spacial score (nSPS) is 19.8. The average Bonchev–Trinajstić information content (AvgIpc) is 3.68. The van der Waals surface area contributed by atoms with Crippen molar-refractivity contribution in [1.29, 1.82) is 0 Å². The predicted octanol–water partition coefficient (Wildman–Crippen LogP) is 6.40. The van der Waals surface area contributed by atoms with Crippen LogP contribution < -0.4 is 10.6 Å². The van der Waals surface area contributed by atoms with Gasteiger partial charge in [-0.2, -0.15) is 5.10 Å². The van der Waals surface area contributed by atoms with Crippen LogP contribution in [0.4, 0.5) is 16.3 Å². The number of carbonyl (C=O) groups is 2. The number of aromatic amines is 1. The van der Waals surface area contributed by atoms with Crippen LogP contribution in [-0.2, 0) is 23.1 Å². The van der Waals surface area contributed by atoms with E-state index in [1.807, 2.05) is 49.4 Å². The highest BCUT2D eigenvalue weighted by Gasteiger charge is 2.42. The summed E-state index contributed by atoms with van der Waals surface area (Å²) in [5.74, 6) is 1.33. The van der Waals surface area contributed by atoms with Crippen LogP contribution in [0.5, 0.6) is 0 Å². The van der Waals surface area contributed by atoms with Gasteiger partial charge < -0.3 is 15.2 Å². The van der Waals surface area contributed by atoms with Gasteiger partial charge in [-0.1, -0.05) is 50.6 Å². The standard InChI is InChI=1S/C34H41N7O2/c1-22-8-10-27(11-9-22)41-31(19-30(39-41)34(2,3)4)38-33(43)37-25-7-5-6-23(15-25)14-24-16-28-12-13-29(17-24)40(28)32(42)18-26-20-35-21-36-26/h5-11,15,19-21,24,28-29H,12-14,16-18H2,1-4H3,(H,35,36)(H2,37,38,43). The van der Waals surface area contributed by atoms with Crippen LogP contribution in [0, 0.1) is 12.8 Å². The van der Waals surface area contributed by atoms with E-state index < -0.39 is 0 Å². The Kier molecular flexibility index (Phi) is 7.81. The third-order valence-corrected chi connectivity index (χ3v) is 8.72. The van der Waals surface area contributed by atoms with Crippen molar-refractivity contribution in [2.75, 3.05) is 10.6 Å². The molecule has 4 aromatic rings.